The van der Waals surface area contributed by atoms with Crippen molar-refractivity contribution in [1.82, 2.24) is 5.32 Å². The molecule has 1 heterocycles. The van der Waals surface area contributed by atoms with E-state index in [2.05, 4.69) is 16.0 Å². The van der Waals surface area contributed by atoms with E-state index in [1.165, 1.54) is 25.7 Å². The van der Waals surface area contributed by atoms with Crippen LogP contribution in [0.5, 0.6) is 0 Å². The molecule has 0 aromatic heterocycles. The molecule has 6 nitrogen and oxygen atoms in total. The third-order valence-corrected chi connectivity index (χ3v) is 4.58. The lowest BCUT2D eigenvalue weighted by atomic mass is 9.85. The Hall–Kier alpha value is -1.79. The second-order valence-electron chi connectivity index (χ2n) is 6.17. The quantitative estimate of drug-likeness (QED) is 0.681. The Bertz CT molecular complexity index is 567. The van der Waals surface area contributed by atoms with Crippen LogP contribution in [0, 0.1) is 5.92 Å². The minimum absolute atomic E-state index is 0. The Labute approximate surface area is 142 Å². The summed E-state index contributed by atoms with van der Waals surface area (Å²) in [5.41, 5.74) is 6.32. The first kappa shape index (κ1) is 17.6. The first-order valence-corrected chi connectivity index (χ1v) is 7.85. The van der Waals surface area contributed by atoms with Gasteiger partial charge in [-0.2, -0.15) is 0 Å². The molecule has 3 unspecified atom stereocenters. The van der Waals surface area contributed by atoms with Gasteiger partial charge < -0.3 is 21.7 Å². The van der Waals surface area contributed by atoms with Crippen molar-refractivity contribution in [3.8, 4) is 0 Å². The summed E-state index contributed by atoms with van der Waals surface area (Å²) >= 11 is 0. The third kappa shape index (κ3) is 4.36. The van der Waals surface area contributed by atoms with Crippen molar-refractivity contribution in [2.45, 2.75) is 44.2 Å². The number of amides is 3. The van der Waals surface area contributed by atoms with Gasteiger partial charge in [-0.15, -0.1) is 12.4 Å². The Morgan fingerprint density at radius 2 is 1.83 bits per heavy atom. The molecule has 2 aliphatic rings. The fourth-order valence-electron chi connectivity index (χ4n) is 3.57. The van der Waals surface area contributed by atoms with Crippen molar-refractivity contribution >= 4 is 35.7 Å². The zero-order valence-electron chi connectivity index (χ0n) is 12.9. The Balaban J connectivity index is 0.00000192. The summed E-state index contributed by atoms with van der Waals surface area (Å²) < 4.78 is 0. The number of carbonyl (C=O) groups excluding carboxylic acids is 2. The highest BCUT2D eigenvalue weighted by Crippen LogP contribution is 2.33. The van der Waals surface area contributed by atoms with Crippen LogP contribution in [0.2, 0.25) is 0 Å². The molecular formula is C16H23ClN4O2. The molecule has 3 rings (SSSR count). The summed E-state index contributed by atoms with van der Waals surface area (Å²) in [6, 6.07) is 6.74. The first-order valence-electron chi connectivity index (χ1n) is 7.85. The van der Waals surface area contributed by atoms with Gasteiger partial charge in [0.2, 0.25) is 5.91 Å². The summed E-state index contributed by atoms with van der Waals surface area (Å²) in [5.74, 6) is 0.623. The van der Waals surface area contributed by atoms with Crippen LogP contribution < -0.4 is 21.7 Å². The van der Waals surface area contributed by atoms with Crippen molar-refractivity contribution in [3.05, 3.63) is 24.3 Å². The smallest absolute Gasteiger partial charge is 0.316 e. The largest absolute Gasteiger partial charge is 0.351 e. The van der Waals surface area contributed by atoms with Crippen LogP contribution in [-0.4, -0.2) is 24.0 Å². The van der Waals surface area contributed by atoms with Crippen LogP contribution in [0.1, 0.15) is 32.1 Å². The summed E-state index contributed by atoms with van der Waals surface area (Å²) in [7, 11) is 0. The van der Waals surface area contributed by atoms with E-state index in [9.17, 15) is 9.59 Å². The highest BCUT2D eigenvalue weighted by atomic mass is 35.5. The molecule has 5 N–H and O–H groups in total. The topological polar surface area (TPSA) is 96.2 Å². The molecule has 126 valence electrons. The van der Waals surface area contributed by atoms with Crippen molar-refractivity contribution < 1.29 is 9.59 Å². The maximum Gasteiger partial charge on any atom is 0.316 e. The van der Waals surface area contributed by atoms with Crippen LogP contribution >= 0.6 is 12.4 Å². The molecule has 1 aromatic rings. The maximum absolute atomic E-state index is 12.4. The summed E-state index contributed by atoms with van der Waals surface area (Å²) in [5, 5.41) is 8.87. The molecule has 0 radical (unpaired) electrons. The fourth-order valence-corrected chi connectivity index (χ4v) is 3.57. The molecule has 1 aliphatic heterocycles. The van der Waals surface area contributed by atoms with Gasteiger partial charge in [-0.05, 0) is 43.4 Å². The zero-order valence-corrected chi connectivity index (χ0v) is 13.7. The molecule has 1 saturated carbocycles. The zero-order chi connectivity index (χ0) is 15.5. The molecule has 7 heteroatoms. The minimum atomic E-state index is -0.620. The van der Waals surface area contributed by atoms with Crippen LogP contribution in [0.15, 0.2) is 24.3 Å². The molecule has 3 amide bonds. The predicted molar refractivity (Wildman–Crippen MR) is 92.8 cm³/mol. The van der Waals surface area contributed by atoms with Gasteiger partial charge in [0.15, 0.2) is 0 Å². The molecule has 23 heavy (non-hydrogen) atoms. The number of carbonyl (C=O) groups is 2. The standard InChI is InChI=1S/C16H22N4O2.ClH/c17-16(22)19-12-6-3-5-11(9-12)18-15(21)14-8-10-4-1-2-7-13(10)20-14;/h3,5-6,9-10,13-14,20H,1-2,4,7-8H2,(H,18,21)(H3,17,19,22);1H. The lowest BCUT2D eigenvalue weighted by molar-refractivity contribution is -0.117. The van der Waals surface area contributed by atoms with E-state index < -0.39 is 6.03 Å². The van der Waals surface area contributed by atoms with E-state index in [1.807, 2.05) is 0 Å². The van der Waals surface area contributed by atoms with Gasteiger partial charge >= 0.3 is 6.03 Å². The number of rotatable bonds is 3. The highest BCUT2D eigenvalue weighted by molar-refractivity contribution is 5.96. The average Bonchev–Trinajstić information content (AvgIpc) is 2.91. The van der Waals surface area contributed by atoms with E-state index in [4.69, 9.17) is 5.73 Å². The van der Waals surface area contributed by atoms with Crippen molar-refractivity contribution in [2.24, 2.45) is 11.7 Å². The van der Waals surface area contributed by atoms with Crippen molar-refractivity contribution in [2.75, 3.05) is 10.6 Å². The molecular weight excluding hydrogens is 316 g/mol. The van der Waals surface area contributed by atoms with Crippen LogP contribution in [0.25, 0.3) is 0 Å². The SMILES string of the molecule is Cl.NC(=O)Nc1cccc(NC(=O)C2CC3CCCCC3N2)c1. The number of hydrogen-bond acceptors (Lipinski definition) is 3. The van der Waals surface area contributed by atoms with E-state index >= 15 is 0 Å². The number of fused-ring (bicyclic) bond motifs is 1. The van der Waals surface area contributed by atoms with Crippen molar-refractivity contribution in [3.63, 3.8) is 0 Å². The number of urea groups is 1. The Kier molecular flexibility index (Phi) is 5.85. The maximum atomic E-state index is 12.4. The van der Waals surface area contributed by atoms with Gasteiger partial charge in [-0.25, -0.2) is 4.79 Å². The Morgan fingerprint density at radius 3 is 2.52 bits per heavy atom. The number of nitrogens with one attached hydrogen (secondary N) is 3. The monoisotopic (exact) mass is 338 g/mol. The molecule has 1 aromatic carbocycles. The highest BCUT2D eigenvalue weighted by Gasteiger charge is 2.38. The second-order valence-corrected chi connectivity index (χ2v) is 6.17. The van der Waals surface area contributed by atoms with Gasteiger partial charge in [-0.3, -0.25) is 4.79 Å². The van der Waals surface area contributed by atoms with Gasteiger partial charge in [0.05, 0.1) is 6.04 Å². The number of anilines is 2. The lowest BCUT2D eigenvalue weighted by Gasteiger charge is -2.24. The Morgan fingerprint density at radius 1 is 1.13 bits per heavy atom. The molecule has 1 aliphatic carbocycles. The number of nitrogens with two attached hydrogens (primary N) is 1. The van der Waals surface area contributed by atoms with Crippen molar-refractivity contribution in [1.29, 1.82) is 0 Å². The first-order chi connectivity index (χ1) is 10.6. The van der Waals surface area contributed by atoms with Crippen LogP contribution in [0.3, 0.4) is 0 Å². The van der Waals surface area contributed by atoms with Gasteiger partial charge in [-0.1, -0.05) is 18.9 Å². The van der Waals surface area contributed by atoms with E-state index in [-0.39, 0.29) is 24.4 Å². The fraction of sp³-hybridized carbons (Fsp3) is 0.500. The second kappa shape index (κ2) is 7.66. The number of hydrogen-bond donors (Lipinski definition) is 4. The molecule has 1 saturated heterocycles. The third-order valence-electron chi connectivity index (χ3n) is 4.58. The van der Waals surface area contributed by atoms with Gasteiger partial charge in [0.1, 0.15) is 0 Å². The minimum Gasteiger partial charge on any atom is -0.351 e. The average molecular weight is 339 g/mol. The summed E-state index contributed by atoms with van der Waals surface area (Å²) in [4.78, 5) is 23.3. The van der Waals surface area contributed by atoms with Crippen LogP contribution in [-0.2, 0) is 4.79 Å². The summed E-state index contributed by atoms with van der Waals surface area (Å²) in [6.45, 7) is 0. The predicted octanol–water partition coefficient (Wildman–Crippen LogP) is 2.46. The molecule has 2 fully saturated rings. The normalized spacial score (nSPS) is 25.8. The lowest BCUT2D eigenvalue weighted by Crippen LogP contribution is -2.39. The molecule has 0 spiro atoms. The van der Waals surface area contributed by atoms with E-state index in [1.54, 1.807) is 24.3 Å². The summed E-state index contributed by atoms with van der Waals surface area (Å²) in [6.07, 6.45) is 5.84. The van der Waals surface area contributed by atoms with Gasteiger partial charge in [0.25, 0.3) is 0 Å². The van der Waals surface area contributed by atoms with Gasteiger partial charge in [0, 0.05) is 17.4 Å². The van der Waals surface area contributed by atoms with E-state index in [0.29, 0.717) is 23.3 Å². The molecule has 0 bridgehead atoms. The van der Waals surface area contributed by atoms with Crippen LogP contribution in [0.4, 0.5) is 16.2 Å². The van der Waals surface area contributed by atoms with E-state index in [0.717, 1.165) is 6.42 Å². The number of benzene rings is 1. The number of primary amides is 1. The molecule has 3 atom stereocenters. The number of halogens is 1.